The van der Waals surface area contributed by atoms with Crippen molar-refractivity contribution >= 4 is 11.7 Å². The van der Waals surface area contributed by atoms with Crippen molar-refractivity contribution < 1.29 is 70.1 Å². The Morgan fingerprint density at radius 3 is 1.53 bits per heavy atom. The van der Waals surface area contributed by atoms with Crippen LogP contribution >= 0.6 is 0 Å². The van der Waals surface area contributed by atoms with Crippen LogP contribution < -0.4 is 5.32 Å². The van der Waals surface area contributed by atoms with Crippen molar-refractivity contribution in [3.63, 3.8) is 0 Å². The highest BCUT2D eigenvalue weighted by Crippen LogP contribution is 2.46. The minimum atomic E-state index is -3.37. The molecule has 2 unspecified atom stereocenters. The van der Waals surface area contributed by atoms with Crippen LogP contribution in [-0.2, 0) is 19.1 Å². The second kappa shape index (κ2) is 25.9. The molecule has 12 atom stereocenters. The van der Waals surface area contributed by atoms with Gasteiger partial charge in [0.15, 0.2) is 23.3 Å². The van der Waals surface area contributed by atoms with Gasteiger partial charge in [-0.25, -0.2) is 0 Å². The zero-order valence-corrected chi connectivity index (χ0v) is 33.3. The highest BCUT2D eigenvalue weighted by atomic mass is 16.6. The van der Waals surface area contributed by atoms with E-state index in [1.165, 1.54) is 38.5 Å². The number of aliphatic hydroxyl groups is 10. The van der Waals surface area contributed by atoms with Crippen LogP contribution in [0.15, 0.2) is 0 Å². The van der Waals surface area contributed by atoms with E-state index < -0.39 is 110 Å². The molecule has 0 aliphatic carbocycles. The maximum absolute atomic E-state index is 14.3. The molecule has 2 fully saturated rings. The molecule has 2 aliphatic heterocycles. The number of amides is 1. The van der Waals surface area contributed by atoms with E-state index in [4.69, 9.17) is 9.47 Å². The molecule has 2 heterocycles. The van der Waals surface area contributed by atoms with E-state index in [1.54, 1.807) is 0 Å². The van der Waals surface area contributed by atoms with E-state index in [1.807, 2.05) is 0 Å². The molecule has 0 saturated carbocycles. The lowest BCUT2D eigenvalue weighted by Gasteiger charge is -2.59. The van der Waals surface area contributed by atoms with Crippen LogP contribution in [0.2, 0.25) is 0 Å². The first-order valence-electron chi connectivity index (χ1n) is 21.1. The fraction of sp³-hybridized carbons (Fsp3) is 0.950. The van der Waals surface area contributed by atoms with Gasteiger partial charge in [0, 0.05) is 6.42 Å². The fourth-order valence-corrected chi connectivity index (χ4v) is 8.07. The molecule has 0 aromatic carbocycles. The lowest BCUT2D eigenvalue weighted by molar-refractivity contribution is -0.369. The normalized spacial score (nSPS) is 32.3. The van der Waals surface area contributed by atoms with E-state index in [0.29, 0.717) is 12.8 Å². The smallest absolute Gasteiger partial charge is 0.223 e. The Morgan fingerprint density at radius 2 is 1.07 bits per heavy atom. The number of Topliss-reactive ketones (excluding diaryl/α,β-unsaturated/α-hetero) is 1. The molecule has 324 valence electrons. The summed E-state index contributed by atoms with van der Waals surface area (Å²) in [5, 5.41) is 112. The quantitative estimate of drug-likeness (QED) is 0.0479. The molecule has 11 N–H and O–H groups in total. The Hall–Kier alpha value is -1.34. The zero-order valence-electron chi connectivity index (χ0n) is 33.3. The van der Waals surface area contributed by atoms with Crippen LogP contribution in [0.25, 0.3) is 0 Å². The number of hydrogen-bond donors (Lipinski definition) is 11. The van der Waals surface area contributed by atoms with Gasteiger partial charge in [0.25, 0.3) is 0 Å². The van der Waals surface area contributed by atoms with Crippen molar-refractivity contribution in [2.45, 2.75) is 227 Å². The monoisotopic (exact) mass is 794 g/mol. The molecular formula is C40H75NO14. The van der Waals surface area contributed by atoms with Gasteiger partial charge < -0.3 is 65.9 Å². The molecule has 15 heteroatoms. The largest absolute Gasteiger partial charge is 0.394 e. The highest BCUT2D eigenvalue weighted by Gasteiger charge is 2.74. The van der Waals surface area contributed by atoms with Gasteiger partial charge in [-0.1, -0.05) is 129 Å². The predicted molar refractivity (Wildman–Crippen MR) is 204 cm³/mol. The standard InChI is InChI=1S/C40H75NO14/c1-3-5-7-9-11-13-15-17-19-21-27(44)23-30(46)39(52)36(41-32(47)24-28(45)22-20-18-16-14-12-10-8-6-4-2)38(51)55-31(26-43)40(39,53)37-35(50)34(49)33(48)29(25-42)54-37/h27-29,31,33-38,42-45,48-53H,3-26H2,1-2H3,(H,41,47)/t27?,28?,29-,31-,33-,34+,35+,36-,37-,38+,39-,40+/m1/s1. The molecule has 2 rings (SSSR count). The van der Waals surface area contributed by atoms with Crippen molar-refractivity contribution in [3.05, 3.63) is 0 Å². The number of ether oxygens (including phenoxy) is 2. The Balaban J connectivity index is 2.25. The zero-order chi connectivity index (χ0) is 41.0. The number of ketones is 1. The highest BCUT2D eigenvalue weighted by molar-refractivity contribution is 5.91. The molecule has 0 bridgehead atoms. The summed E-state index contributed by atoms with van der Waals surface area (Å²) in [4.78, 5) is 27.6. The van der Waals surface area contributed by atoms with Gasteiger partial charge in [-0.15, -0.1) is 0 Å². The first-order valence-corrected chi connectivity index (χ1v) is 21.1. The number of hydrogen-bond acceptors (Lipinski definition) is 14. The Bertz CT molecular complexity index is 1070. The maximum Gasteiger partial charge on any atom is 0.223 e. The minimum Gasteiger partial charge on any atom is -0.394 e. The second-order valence-corrected chi connectivity index (χ2v) is 16.0. The number of carbonyl (C=O) groups excluding carboxylic acids is 2. The van der Waals surface area contributed by atoms with Crippen LogP contribution in [0.3, 0.4) is 0 Å². The van der Waals surface area contributed by atoms with E-state index in [-0.39, 0.29) is 12.8 Å². The minimum absolute atomic E-state index is 0.140. The fourth-order valence-electron chi connectivity index (χ4n) is 8.07. The third-order valence-electron chi connectivity index (χ3n) is 11.5. The summed E-state index contributed by atoms with van der Waals surface area (Å²) in [5.74, 6) is -2.24. The molecule has 1 amide bonds. The van der Waals surface area contributed by atoms with Gasteiger partial charge in [-0.3, -0.25) is 9.59 Å². The summed E-state index contributed by atoms with van der Waals surface area (Å²) in [6.45, 7) is 2.20. The third-order valence-corrected chi connectivity index (χ3v) is 11.5. The van der Waals surface area contributed by atoms with Crippen molar-refractivity contribution in [2.24, 2.45) is 0 Å². The molecule has 0 spiro atoms. The number of carbonyl (C=O) groups is 2. The van der Waals surface area contributed by atoms with Crippen molar-refractivity contribution in [1.82, 2.24) is 5.32 Å². The van der Waals surface area contributed by atoms with E-state index >= 15 is 0 Å². The lowest BCUT2D eigenvalue weighted by atomic mass is 9.63. The molecule has 2 aliphatic rings. The molecule has 0 aromatic rings. The van der Waals surface area contributed by atoms with Crippen LogP contribution in [0.4, 0.5) is 0 Å². The molecular weight excluding hydrogens is 718 g/mol. The molecule has 0 radical (unpaired) electrons. The van der Waals surface area contributed by atoms with Crippen molar-refractivity contribution in [3.8, 4) is 0 Å². The van der Waals surface area contributed by atoms with Crippen molar-refractivity contribution in [2.75, 3.05) is 13.2 Å². The summed E-state index contributed by atoms with van der Waals surface area (Å²) >= 11 is 0. The molecule has 2 saturated heterocycles. The maximum atomic E-state index is 14.3. The van der Waals surface area contributed by atoms with Crippen LogP contribution in [0.5, 0.6) is 0 Å². The van der Waals surface area contributed by atoms with E-state index in [9.17, 15) is 60.7 Å². The Labute approximate surface area is 327 Å². The van der Waals surface area contributed by atoms with Crippen LogP contribution in [-0.4, -0.2) is 148 Å². The number of unbranched alkanes of at least 4 members (excludes halogenated alkanes) is 16. The first-order chi connectivity index (χ1) is 26.2. The average Bonchev–Trinajstić information content (AvgIpc) is 3.15. The number of nitrogens with one attached hydrogen (secondary N) is 1. The molecule has 55 heavy (non-hydrogen) atoms. The Kier molecular flexibility index (Phi) is 23.5. The SMILES string of the molecule is CCCCCCCCCCCC(O)CC(=O)N[C@@H]1[C@@H](O)O[C@H](CO)[C@](O)([C@@H]2O[C@H](CO)[C@@H](O)[C@H](O)[C@@H]2O)[C@@]1(O)C(=O)CC(O)CCCCCCCCCCC. The summed E-state index contributed by atoms with van der Waals surface area (Å²) in [6.07, 6.45) is 0.756. The summed E-state index contributed by atoms with van der Waals surface area (Å²) in [6, 6.07) is -2.20. The second-order valence-electron chi connectivity index (χ2n) is 16.0. The molecule has 15 nitrogen and oxygen atoms in total. The van der Waals surface area contributed by atoms with Gasteiger partial charge >= 0.3 is 0 Å². The summed E-state index contributed by atoms with van der Waals surface area (Å²) in [7, 11) is 0. The van der Waals surface area contributed by atoms with Gasteiger partial charge in [0.1, 0.15) is 42.7 Å². The van der Waals surface area contributed by atoms with Crippen LogP contribution in [0.1, 0.15) is 155 Å². The third kappa shape index (κ3) is 14.2. The number of rotatable bonds is 29. The van der Waals surface area contributed by atoms with Gasteiger partial charge in [-0.05, 0) is 12.8 Å². The van der Waals surface area contributed by atoms with Crippen LogP contribution in [0, 0.1) is 0 Å². The first kappa shape index (κ1) is 49.8. The number of aliphatic hydroxyl groups excluding tert-OH is 8. The van der Waals surface area contributed by atoms with Gasteiger partial charge in [0.2, 0.25) is 5.91 Å². The Morgan fingerprint density at radius 1 is 0.618 bits per heavy atom. The topological polar surface area (TPSA) is 267 Å². The average molecular weight is 794 g/mol. The van der Waals surface area contributed by atoms with E-state index in [2.05, 4.69) is 19.2 Å². The lowest BCUT2D eigenvalue weighted by Crippen LogP contribution is -2.86. The molecule has 0 aromatic heterocycles. The van der Waals surface area contributed by atoms with Gasteiger partial charge in [-0.2, -0.15) is 0 Å². The summed E-state index contributed by atoms with van der Waals surface area (Å²) in [5.41, 5.74) is -6.64. The summed E-state index contributed by atoms with van der Waals surface area (Å²) < 4.78 is 11.0. The van der Waals surface area contributed by atoms with E-state index in [0.717, 1.165) is 64.2 Å². The van der Waals surface area contributed by atoms with Crippen molar-refractivity contribution in [1.29, 1.82) is 0 Å². The predicted octanol–water partition coefficient (Wildman–Crippen LogP) is 1.40. The van der Waals surface area contributed by atoms with Gasteiger partial charge in [0.05, 0.1) is 31.8 Å².